The van der Waals surface area contributed by atoms with E-state index in [9.17, 15) is 8.42 Å². The van der Waals surface area contributed by atoms with Crippen molar-refractivity contribution in [3.63, 3.8) is 0 Å². The molecule has 0 spiro atoms. The van der Waals surface area contributed by atoms with Gasteiger partial charge >= 0.3 is 0 Å². The topological polar surface area (TPSA) is 70.6 Å². The zero-order valence-electron chi connectivity index (χ0n) is 12.8. The van der Waals surface area contributed by atoms with Gasteiger partial charge in [0.15, 0.2) is 15.8 Å². The first kappa shape index (κ1) is 19.0. The molecule has 0 radical (unpaired) electrons. The maximum absolute atomic E-state index is 11.5. The fraction of sp³-hybridized carbons (Fsp3) is 0.533. The second-order valence-electron chi connectivity index (χ2n) is 5.96. The lowest BCUT2D eigenvalue weighted by Gasteiger charge is -2.16. The van der Waals surface area contributed by atoms with Gasteiger partial charge in [0.2, 0.25) is 0 Å². The third-order valence-electron chi connectivity index (χ3n) is 4.21. The van der Waals surface area contributed by atoms with Crippen LogP contribution in [0.1, 0.15) is 24.3 Å². The lowest BCUT2D eigenvalue weighted by molar-refractivity contribution is 0.599. The van der Waals surface area contributed by atoms with Gasteiger partial charge in [-0.15, -0.1) is 24.0 Å². The van der Waals surface area contributed by atoms with Gasteiger partial charge in [0.05, 0.1) is 11.5 Å². The molecule has 8 heteroatoms. The van der Waals surface area contributed by atoms with E-state index in [0.717, 1.165) is 10.9 Å². The molecule has 23 heavy (non-hydrogen) atoms. The molecule has 1 saturated heterocycles. The van der Waals surface area contributed by atoms with Crippen molar-refractivity contribution >= 4 is 55.7 Å². The van der Waals surface area contributed by atoms with Crippen molar-refractivity contribution in [1.29, 1.82) is 0 Å². The zero-order valence-corrected chi connectivity index (χ0v) is 17.6. The predicted molar refractivity (Wildman–Crippen MR) is 107 cm³/mol. The monoisotopic (exact) mass is 513 g/mol. The first-order valence-corrected chi connectivity index (χ1v) is 10.0. The number of nitrogens with zero attached hydrogens (tertiary/aromatic N) is 1. The van der Waals surface area contributed by atoms with Crippen LogP contribution in [0.2, 0.25) is 0 Å². The van der Waals surface area contributed by atoms with Crippen molar-refractivity contribution in [2.75, 3.05) is 18.6 Å². The quantitative estimate of drug-likeness (QED) is 0.369. The van der Waals surface area contributed by atoms with Crippen LogP contribution in [0.5, 0.6) is 0 Å². The van der Waals surface area contributed by atoms with Gasteiger partial charge in [0.25, 0.3) is 0 Å². The Hall–Kier alpha value is -0.350. The Kier molecular flexibility index (Phi) is 6.35. The molecule has 3 rings (SSSR count). The Balaban J connectivity index is 0.00000192. The number of hydrogen-bond acceptors (Lipinski definition) is 3. The van der Waals surface area contributed by atoms with Crippen LogP contribution in [0.25, 0.3) is 0 Å². The van der Waals surface area contributed by atoms with E-state index < -0.39 is 9.84 Å². The molecule has 1 aromatic carbocycles. The summed E-state index contributed by atoms with van der Waals surface area (Å²) in [6, 6.07) is 8.72. The number of nitrogens with one attached hydrogen (secondary N) is 2. The molecule has 1 aliphatic heterocycles. The average molecular weight is 514 g/mol. The van der Waals surface area contributed by atoms with Gasteiger partial charge < -0.3 is 10.6 Å². The van der Waals surface area contributed by atoms with Crippen LogP contribution in [0.15, 0.2) is 33.7 Å². The highest BCUT2D eigenvalue weighted by molar-refractivity contribution is 14.0. The van der Waals surface area contributed by atoms with Crippen molar-refractivity contribution in [3.05, 3.63) is 34.3 Å². The largest absolute Gasteiger partial charge is 0.353 e. The molecule has 3 unspecified atom stereocenters. The number of guanidine groups is 1. The van der Waals surface area contributed by atoms with E-state index in [1.54, 1.807) is 7.05 Å². The Morgan fingerprint density at radius 1 is 1.26 bits per heavy atom. The predicted octanol–water partition coefficient (Wildman–Crippen LogP) is 2.28. The summed E-state index contributed by atoms with van der Waals surface area (Å²) in [5.74, 6) is 1.67. The molecular weight excluding hydrogens is 493 g/mol. The molecular formula is C15H21BrIN3O2S. The van der Waals surface area contributed by atoms with E-state index in [-0.39, 0.29) is 41.5 Å². The van der Waals surface area contributed by atoms with Crippen molar-refractivity contribution in [2.45, 2.75) is 30.8 Å². The van der Waals surface area contributed by atoms with Crippen LogP contribution < -0.4 is 10.6 Å². The molecule has 1 heterocycles. The number of benzene rings is 1. The lowest BCUT2D eigenvalue weighted by Crippen LogP contribution is -2.45. The van der Waals surface area contributed by atoms with Crippen molar-refractivity contribution in [3.8, 4) is 0 Å². The molecule has 2 aliphatic rings. The lowest BCUT2D eigenvalue weighted by atomic mass is 10.1. The second-order valence-corrected chi connectivity index (χ2v) is 9.11. The fourth-order valence-electron chi connectivity index (χ4n) is 2.88. The Bertz CT molecular complexity index is 678. The molecule has 1 aromatic rings. The average Bonchev–Trinajstić information content (AvgIpc) is 3.15. The Morgan fingerprint density at radius 2 is 1.96 bits per heavy atom. The van der Waals surface area contributed by atoms with E-state index in [4.69, 9.17) is 0 Å². The van der Waals surface area contributed by atoms with Crippen LogP contribution in [-0.4, -0.2) is 45.0 Å². The maximum Gasteiger partial charge on any atom is 0.191 e. The van der Waals surface area contributed by atoms with Gasteiger partial charge in [-0.05, 0) is 30.5 Å². The van der Waals surface area contributed by atoms with Gasteiger partial charge in [-0.1, -0.05) is 28.1 Å². The first-order valence-electron chi connectivity index (χ1n) is 7.42. The van der Waals surface area contributed by atoms with E-state index in [1.165, 1.54) is 5.56 Å². The highest BCUT2D eigenvalue weighted by atomic mass is 127. The van der Waals surface area contributed by atoms with Crippen LogP contribution in [0.3, 0.4) is 0 Å². The number of rotatable bonds is 3. The summed E-state index contributed by atoms with van der Waals surface area (Å²) < 4.78 is 24.1. The molecule has 2 N–H and O–H groups in total. The molecule has 3 atom stereocenters. The fourth-order valence-corrected chi connectivity index (χ4v) is 4.82. The minimum atomic E-state index is -2.87. The van der Waals surface area contributed by atoms with Crippen molar-refractivity contribution in [1.82, 2.24) is 10.6 Å². The molecule has 2 fully saturated rings. The number of hydrogen-bond donors (Lipinski definition) is 2. The highest BCUT2D eigenvalue weighted by Crippen LogP contribution is 2.41. The van der Waals surface area contributed by atoms with Crippen LogP contribution in [0.4, 0.5) is 0 Å². The summed E-state index contributed by atoms with van der Waals surface area (Å²) in [4.78, 5) is 4.21. The van der Waals surface area contributed by atoms with Gasteiger partial charge in [-0.3, -0.25) is 4.99 Å². The van der Waals surface area contributed by atoms with Crippen LogP contribution in [0, 0.1) is 0 Å². The second kappa shape index (κ2) is 7.69. The van der Waals surface area contributed by atoms with E-state index >= 15 is 0 Å². The Labute approximate surface area is 162 Å². The van der Waals surface area contributed by atoms with Crippen LogP contribution in [-0.2, 0) is 9.84 Å². The SMILES string of the molecule is CN=C(NC1CCS(=O)(=O)C1)NC1CC1c1ccc(Br)cc1.I. The third kappa shape index (κ3) is 5.06. The highest BCUT2D eigenvalue weighted by Gasteiger charge is 2.39. The number of sulfone groups is 1. The van der Waals surface area contributed by atoms with E-state index in [2.05, 4.69) is 55.8 Å². The molecule has 0 bridgehead atoms. The number of aliphatic imine (C=N–C) groups is 1. The van der Waals surface area contributed by atoms with E-state index in [0.29, 0.717) is 24.3 Å². The van der Waals surface area contributed by atoms with Gasteiger partial charge in [-0.2, -0.15) is 0 Å². The van der Waals surface area contributed by atoms with Gasteiger partial charge in [-0.25, -0.2) is 8.42 Å². The summed E-state index contributed by atoms with van der Waals surface area (Å²) in [6.45, 7) is 0. The molecule has 1 aliphatic carbocycles. The summed E-state index contributed by atoms with van der Waals surface area (Å²) >= 11 is 3.45. The zero-order chi connectivity index (χ0) is 15.7. The van der Waals surface area contributed by atoms with Gasteiger partial charge in [0.1, 0.15) is 0 Å². The molecule has 1 saturated carbocycles. The standard InChI is InChI=1S/C15H20BrN3O2S.HI/c1-17-15(18-12-6-7-22(20,21)9-12)19-14-8-13(14)10-2-4-11(16)5-3-10;/h2-5,12-14H,6-9H2,1H3,(H2,17,18,19);1H. The third-order valence-corrected chi connectivity index (χ3v) is 6.50. The summed E-state index contributed by atoms with van der Waals surface area (Å²) in [7, 11) is -1.15. The maximum atomic E-state index is 11.5. The molecule has 128 valence electrons. The summed E-state index contributed by atoms with van der Waals surface area (Å²) in [5, 5.41) is 6.62. The smallest absolute Gasteiger partial charge is 0.191 e. The molecule has 0 aromatic heterocycles. The minimum absolute atomic E-state index is 0. The number of halogens is 2. The Morgan fingerprint density at radius 3 is 2.52 bits per heavy atom. The summed E-state index contributed by atoms with van der Waals surface area (Å²) in [6.07, 6.45) is 1.73. The van der Waals surface area contributed by atoms with E-state index in [1.807, 2.05) is 0 Å². The van der Waals surface area contributed by atoms with Gasteiger partial charge in [0, 0.05) is 29.5 Å². The minimum Gasteiger partial charge on any atom is -0.353 e. The van der Waals surface area contributed by atoms with Crippen LogP contribution >= 0.6 is 39.9 Å². The van der Waals surface area contributed by atoms with Crippen molar-refractivity contribution in [2.24, 2.45) is 4.99 Å². The van der Waals surface area contributed by atoms with Crippen molar-refractivity contribution < 1.29 is 8.42 Å². The molecule has 0 amide bonds. The normalized spacial score (nSPS) is 28.8. The first-order chi connectivity index (χ1) is 10.5. The summed E-state index contributed by atoms with van der Waals surface area (Å²) in [5.41, 5.74) is 1.32. The molecule has 5 nitrogen and oxygen atoms in total.